The molecule has 1 aromatic rings. The van der Waals surface area contributed by atoms with E-state index < -0.39 is 6.61 Å². The zero-order valence-corrected chi connectivity index (χ0v) is 12.7. The van der Waals surface area contributed by atoms with Crippen LogP contribution < -0.4 is 9.47 Å². The number of hydrogen-bond acceptors (Lipinski definition) is 5. The van der Waals surface area contributed by atoms with Crippen molar-refractivity contribution in [1.82, 2.24) is 9.80 Å². The molecule has 22 heavy (non-hydrogen) atoms. The Bertz CT molecular complexity index is 466. The van der Waals surface area contributed by atoms with E-state index >= 15 is 0 Å². The van der Waals surface area contributed by atoms with Crippen LogP contribution in [0.4, 0.5) is 8.78 Å². The first-order valence-electron chi connectivity index (χ1n) is 7.29. The van der Waals surface area contributed by atoms with E-state index in [0.717, 1.165) is 26.2 Å². The number of methoxy groups -OCH3 is 1. The second-order valence-electron chi connectivity index (χ2n) is 5.19. The van der Waals surface area contributed by atoms with E-state index in [4.69, 9.17) is 9.84 Å². The molecular weight excluding hydrogens is 294 g/mol. The van der Waals surface area contributed by atoms with E-state index in [-0.39, 0.29) is 12.4 Å². The van der Waals surface area contributed by atoms with Gasteiger partial charge in [0.15, 0.2) is 0 Å². The number of nitrogens with zero attached hydrogens (tertiary/aromatic N) is 2. The molecule has 5 nitrogen and oxygen atoms in total. The van der Waals surface area contributed by atoms with Gasteiger partial charge in [0.05, 0.1) is 13.7 Å². The second-order valence-corrected chi connectivity index (χ2v) is 5.19. The van der Waals surface area contributed by atoms with Crippen LogP contribution in [0.2, 0.25) is 0 Å². The van der Waals surface area contributed by atoms with E-state index in [1.54, 1.807) is 19.2 Å². The summed E-state index contributed by atoms with van der Waals surface area (Å²) in [5.74, 6) is 0.809. The van der Waals surface area contributed by atoms with E-state index in [2.05, 4.69) is 14.5 Å². The monoisotopic (exact) mass is 316 g/mol. The molecule has 1 aliphatic heterocycles. The number of ether oxygens (including phenoxy) is 2. The van der Waals surface area contributed by atoms with Crippen molar-refractivity contribution in [2.75, 3.05) is 46.4 Å². The van der Waals surface area contributed by atoms with Gasteiger partial charge in [0.25, 0.3) is 0 Å². The predicted octanol–water partition coefficient (Wildman–Crippen LogP) is 1.41. The molecule has 1 fully saturated rings. The van der Waals surface area contributed by atoms with Gasteiger partial charge in [0.2, 0.25) is 0 Å². The maximum absolute atomic E-state index is 12.5. The zero-order chi connectivity index (χ0) is 15.9. The zero-order valence-electron chi connectivity index (χ0n) is 12.7. The van der Waals surface area contributed by atoms with Crippen molar-refractivity contribution >= 4 is 0 Å². The van der Waals surface area contributed by atoms with Crippen molar-refractivity contribution in [3.05, 3.63) is 23.8 Å². The van der Waals surface area contributed by atoms with Gasteiger partial charge in [0.1, 0.15) is 11.5 Å². The lowest BCUT2D eigenvalue weighted by Gasteiger charge is -2.34. The van der Waals surface area contributed by atoms with Gasteiger partial charge in [-0.2, -0.15) is 8.78 Å². The highest BCUT2D eigenvalue weighted by Gasteiger charge is 2.19. The Morgan fingerprint density at radius 2 is 1.86 bits per heavy atom. The summed E-state index contributed by atoms with van der Waals surface area (Å²) in [6.07, 6.45) is 0. The maximum Gasteiger partial charge on any atom is 0.387 e. The Labute approximate surface area is 129 Å². The number of aliphatic hydroxyl groups excluding tert-OH is 1. The van der Waals surface area contributed by atoms with Crippen molar-refractivity contribution < 1.29 is 23.4 Å². The molecule has 7 heteroatoms. The molecule has 0 saturated carbocycles. The highest BCUT2D eigenvalue weighted by atomic mass is 19.3. The molecule has 1 saturated heterocycles. The summed E-state index contributed by atoms with van der Waals surface area (Å²) in [5.41, 5.74) is 0.690. The maximum atomic E-state index is 12.5. The fourth-order valence-electron chi connectivity index (χ4n) is 2.57. The molecule has 0 radical (unpaired) electrons. The number of benzene rings is 1. The molecule has 0 atom stereocenters. The van der Waals surface area contributed by atoms with Crippen LogP contribution >= 0.6 is 0 Å². The Morgan fingerprint density at radius 3 is 2.45 bits per heavy atom. The van der Waals surface area contributed by atoms with E-state index in [1.165, 1.54) is 6.07 Å². The first-order valence-corrected chi connectivity index (χ1v) is 7.29. The normalized spacial score (nSPS) is 17.0. The Morgan fingerprint density at radius 1 is 1.18 bits per heavy atom. The highest BCUT2D eigenvalue weighted by molar-refractivity contribution is 5.40. The molecule has 0 spiro atoms. The van der Waals surface area contributed by atoms with Gasteiger partial charge in [-0.15, -0.1) is 0 Å². The molecule has 0 aromatic heterocycles. The van der Waals surface area contributed by atoms with Gasteiger partial charge in [-0.1, -0.05) is 0 Å². The number of rotatable bonds is 7. The van der Waals surface area contributed by atoms with Crippen LogP contribution in [0.25, 0.3) is 0 Å². The number of hydrogen-bond donors (Lipinski definition) is 1. The number of aliphatic hydroxyl groups is 1. The minimum absolute atomic E-state index is 0.155. The molecule has 0 unspecified atom stereocenters. The van der Waals surface area contributed by atoms with Crippen LogP contribution in [0.5, 0.6) is 11.5 Å². The quantitative estimate of drug-likeness (QED) is 0.824. The second kappa shape index (κ2) is 8.26. The van der Waals surface area contributed by atoms with Gasteiger partial charge in [0, 0.05) is 44.8 Å². The first-order chi connectivity index (χ1) is 10.6. The van der Waals surface area contributed by atoms with Gasteiger partial charge in [-0.05, 0) is 18.2 Å². The highest BCUT2D eigenvalue weighted by Crippen LogP contribution is 2.27. The van der Waals surface area contributed by atoms with Crippen molar-refractivity contribution in [3.8, 4) is 11.5 Å². The molecular formula is C15H22F2N2O3. The molecule has 1 N–H and O–H groups in total. The Hall–Kier alpha value is -1.44. The van der Waals surface area contributed by atoms with E-state index in [0.29, 0.717) is 24.4 Å². The van der Waals surface area contributed by atoms with Gasteiger partial charge in [-0.25, -0.2) is 0 Å². The number of β-amino-alcohol motifs (C(OH)–C–C–N with tert-alkyl or cyclic N) is 1. The molecule has 0 amide bonds. The van der Waals surface area contributed by atoms with Crippen LogP contribution in [-0.4, -0.2) is 68.0 Å². The molecule has 1 aliphatic rings. The van der Waals surface area contributed by atoms with Crippen molar-refractivity contribution in [1.29, 1.82) is 0 Å². The third kappa shape index (κ3) is 4.79. The van der Waals surface area contributed by atoms with Crippen molar-refractivity contribution in [2.45, 2.75) is 13.2 Å². The summed E-state index contributed by atoms with van der Waals surface area (Å²) in [6.45, 7) is 1.89. The molecule has 0 bridgehead atoms. The molecule has 2 rings (SSSR count). The van der Waals surface area contributed by atoms with Gasteiger partial charge >= 0.3 is 6.61 Å². The Balaban J connectivity index is 2.01. The number of alkyl halides is 2. The minimum atomic E-state index is -2.84. The SMILES string of the molecule is COc1ccc(OC(F)F)c(CN2CCN(CCO)CC2)c1. The van der Waals surface area contributed by atoms with Crippen LogP contribution in [0.15, 0.2) is 18.2 Å². The standard InChI is InChI=1S/C15H22F2N2O3/c1-21-13-2-3-14(22-15(16)17)12(10-13)11-19-6-4-18(5-7-19)8-9-20/h2-3,10,15,20H,4-9,11H2,1H3. The summed E-state index contributed by atoms with van der Waals surface area (Å²) >= 11 is 0. The third-order valence-electron chi connectivity index (χ3n) is 3.76. The largest absolute Gasteiger partial charge is 0.497 e. The van der Waals surface area contributed by atoms with Crippen LogP contribution in [0.1, 0.15) is 5.56 Å². The number of piperazine rings is 1. The molecule has 0 aliphatic carbocycles. The fraction of sp³-hybridized carbons (Fsp3) is 0.600. The van der Waals surface area contributed by atoms with Crippen LogP contribution in [0.3, 0.4) is 0 Å². The first kappa shape index (κ1) is 16.9. The lowest BCUT2D eigenvalue weighted by atomic mass is 10.1. The molecule has 1 aromatic carbocycles. The van der Waals surface area contributed by atoms with Crippen LogP contribution in [0, 0.1) is 0 Å². The number of halogens is 2. The lowest BCUT2D eigenvalue weighted by molar-refractivity contribution is -0.0509. The topological polar surface area (TPSA) is 45.2 Å². The predicted molar refractivity (Wildman–Crippen MR) is 78.4 cm³/mol. The summed E-state index contributed by atoms with van der Waals surface area (Å²) in [7, 11) is 1.54. The average Bonchev–Trinajstić information content (AvgIpc) is 2.51. The van der Waals surface area contributed by atoms with E-state index in [1.807, 2.05) is 0 Å². The fourth-order valence-corrected chi connectivity index (χ4v) is 2.57. The third-order valence-corrected chi connectivity index (χ3v) is 3.76. The van der Waals surface area contributed by atoms with Crippen molar-refractivity contribution in [3.63, 3.8) is 0 Å². The summed E-state index contributed by atoms with van der Waals surface area (Å²) in [6, 6.07) is 4.86. The summed E-state index contributed by atoms with van der Waals surface area (Å²) in [5, 5.41) is 8.94. The van der Waals surface area contributed by atoms with E-state index in [9.17, 15) is 8.78 Å². The molecule has 124 valence electrons. The van der Waals surface area contributed by atoms with Crippen molar-refractivity contribution in [2.24, 2.45) is 0 Å². The van der Waals surface area contributed by atoms with Gasteiger partial charge < -0.3 is 14.6 Å². The van der Waals surface area contributed by atoms with Crippen LogP contribution in [-0.2, 0) is 6.54 Å². The Kier molecular flexibility index (Phi) is 6.35. The molecule has 1 heterocycles. The average molecular weight is 316 g/mol. The smallest absolute Gasteiger partial charge is 0.387 e. The van der Waals surface area contributed by atoms with Gasteiger partial charge in [-0.3, -0.25) is 9.80 Å². The summed E-state index contributed by atoms with van der Waals surface area (Å²) < 4.78 is 34.7. The summed E-state index contributed by atoms with van der Waals surface area (Å²) in [4.78, 5) is 4.36. The lowest BCUT2D eigenvalue weighted by Crippen LogP contribution is -2.46. The minimum Gasteiger partial charge on any atom is -0.497 e.